The molecule has 0 bridgehead atoms. The third-order valence-electron chi connectivity index (χ3n) is 2.11. The van der Waals surface area contributed by atoms with E-state index in [9.17, 15) is 4.79 Å². The van der Waals surface area contributed by atoms with Crippen LogP contribution in [0.25, 0.3) is 0 Å². The zero-order valence-corrected chi connectivity index (χ0v) is 11.2. The Kier molecular flexibility index (Phi) is 5.10. The van der Waals surface area contributed by atoms with Crippen LogP contribution in [0.4, 0.5) is 5.69 Å². The van der Waals surface area contributed by atoms with Crippen LogP contribution in [0.15, 0.2) is 29.5 Å². The smallest absolute Gasteiger partial charge is 0.246 e. The maximum Gasteiger partial charge on any atom is 0.246 e. The monoisotopic (exact) mass is 249 g/mol. The second-order valence-corrected chi connectivity index (χ2v) is 4.19. The van der Waals surface area contributed by atoms with Crippen LogP contribution in [0.5, 0.6) is 0 Å². The molecule has 18 heavy (non-hydrogen) atoms. The molecule has 1 rings (SSSR count). The summed E-state index contributed by atoms with van der Waals surface area (Å²) in [7, 11) is 7.55. The maximum atomic E-state index is 11.7. The summed E-state index contributed by atoms with van der Waals surface area (Å²) < 4.78 is 0. The Balaban J connectivity index is 2.57. The number of nitrogens with one attached hydrogen (secondary N) is 1. The van der Waals surface area contributed by atoms with Gasteiger partial charge in [-0.3, -0.25) is 9.78 Å². The lowest BCUT2D eigenvalue weighted by Gasteiger charge is -2.22. The van der Waals surface area contributed by atoms with Gasteiger partial charge in [0.25, 0.3) is 0 Å². The van der Waals surface area contributed by atoms with Crippen LogP contribution in [0.3, 0.4) is 0 Å². The third kappa shape index (κ3) is 4.40. The Morgan fingerprint density at radius 3 is 2.50 bits per heavy atom. The lowest BCUT2D eigenvalue weighted by atomic mass is 10.4. The number of rotatable bonds is 3. The SMILES string of the molecule is CN(C)C(=NCC(=O)Nc1cccnc1)N(C)C. The van der Waals surface area contributed by atoms with Crippen molar-refractivity contribution in [2.75, 3.05) is 40.1 Å². The molecule has 6 heteroatoms. The molecule has 0 unspecified atom stereocenters. The van der Waals surface area contributed by atoms with Gasteiger partial charge in [-0.25, -0.2) is 4.99 Å². The first-order valence-electron chi connectivity index (χ1n) is 5.59. The summed E-state index contributed by atoms with van der Waals surface area (Å²) >= 11 is 0. The van der Waals surface area contributed by atoms with Crippen molar-refractivity contribution >= 4 is 17.6 Å². The molecule has 0 aliphatic rings. The van der Waals surface area contributed by atoms with E-state index >= 15 is 0 Å². The van der Waals surface area contributed by atoms with Gasteiger partial charge in [0.2, 0.25) is 5.91 Å². The second kappa shape index (κ2) is 6.58. The minimum absolute atomic E-state index is 0.0839. The van der Waals surface area contributed by atoms with Crippen LogP contribution in [-0.4, -0.2) is 61.4 Å². The molecule has 0 aliphatic carbocycles. The summed E-state index contributed by atoms with van der Waals surface area (Å²) in [6.45, 7) is 0.0839. The van der Waals surface area contributed by atoms with Gasteiger partial charge in [-0.15, -0.1) is 0 Å². The molecule has 0 atom stereocenters. The number of guanidine groups is 1. The summed E-state index contributed by atoms with van der Waals surface area (Å²) in [5.74, 6) is 0.584. The van der Waals surface area contributed by atoms with Gasteiger partial charge >= 0.3 is 0 Å². The van der Waals surface area contributed by atoms with Crippen molar-refractivity contribution in [2.24, 2.45) is 4.99 Å². The molecule has 1 heterocycles. The van der Waals surface area contributed by atoms with Crippen molar-refractivity contribution in [3.05, 3.63) is 24.5 Å². The first-order valence-corrected chi connectivity index (χ1v) is 5.59. The van der Waals surface area contributed by atoms with E-state index in [-0.39, 0.29) is 12.5 Å². The van der Waals surface area contributed by atoms with Gasteiger partial charge < -0.3 is 15.1 Å². The molecule has 0 fully saturated rings. The zero-order chi connectivity index (χ0) is 13.5. The molecule has 6 nitrogen and oxygen atoms in total. The maximum absolute atomic E-state index is 11.7. The molecule has 1 amide bonds. The van der Waals surface area contributed by atoms with Crippen molar-refractivity contribution in [2.45, 2.75) is 0 Å². The highest BCUT2D eigenvalue weighted by atomic mass is 16.1. The summed E-state index contributed by atoms with van der Waals surface area (Å²) in [5.41, 5.74) is 0.675. The Labute approximate surface area is 107 Å². The van der Waals surface area contributed by atoms with Gasteiger partial charge in [-0.05, 0) is 12.1 Å². The second-order valence-electron chi connectivity index (χ2n) is 4.19. The molecular weight excluding hydrogens is 230 g/mol. The molecule has 0 radical (unpaired) electrons. The van der Waals surface area contributed by atoms with Crippen LogP contribution >= 0.6 is 0 Å². The number of nitrogens with zero attached hydrogens (tertiary/aromatic N) is 4. The third-order valence-corrected chi connectivity index (χ3v) is 2.11. The van der Waals surface area contributed by atoms with Crippen LogP contribution in [0.2, 0.25) is 0 Å². The molecule has 0 saturated carbocycles. The first-order chi connectivity index (χ1) is 8.50. The van der Waals surface area contributed by atoms with E-state index in [0.29, 0.717) is 5.69 Å². The highest BCUT2D eigenvalue weighted by Crippen LogP contribution is 2.02. The lowest BCUT2D eigenvalue weighted by molar-refractivity contribution is -0.114. The van der Waals surface area contributed by atoms with Crippen molar-refractivity contribution in [1.82, 2.24) is 14.8 Å². The first kappa shape index (κ1) is 14.0. The fourth-order valence-electron chi connectivity index (χ4n) is 1.46. The number of carbonyl (C=O) groups is 1. The van der Waals surface area contributed by atoms with Crippen LogP contribution in [0, 0.1) is 0 Å². The lowest BCUT2D eigenvalue weighted by Crippen LogP contribution is -2.36. The zero-order valence-electron chi connectivity index (χ0n) is 11.2. The fraction of sp³-hybridized carbons (Fsp3) is 0.417. The predicted molar refractivity (Wildman–Crippen MR) is 72.5 cm³/mol. The average Bonchev–Trinajstić information content (AvgIpc) is 2.29. The number of aromatic nitrogens is 1. The predicted octanol–water partition coefficient (Wildman–Crippen LogP) is 0.499. The number of hydrogen-bond acceptors (Lipinski definition) is 3. The Bertz CT molecular complexity index is 404. The normalized spacial score (nSPS) is 9.56. The molecule has 0 spiro atoms. The van der Waals surface area contributed by atoms with Crippen LogP contribution in [0.1, 0.15) is 0 Å². The van der Waals surface area contributed by atoms with Crippen molar-refractivity contribution in [3.63, 3.8) is 0 Å². The minimum atomic E-state index is -0.163. The minimum Gasteiger partial charge on any atom is -0.349 e. The van der Waals surface area contributed by atoms with Crippen molar-refractivity contribution in [1.29, 1.82) is 0 Å². The Hall–Kier alpha value is -2.11. The molecule has 98 valence electrons. The molecule has 1 aromatic heterocycles. The van der Waals surface area contributed by atoms with Crippen molar-refractivity contribution in [3.8, 4) is 0 Å². The molecule has 0 saturated heterocycles. The molecule has 1 aromatic rings. The number of carbonyl (C=O) groups excluding carboxylic acids is 1. The molecule has 0 aromatic carbocycles. The Morgan fingerprint density at radius 2 is 2.00 bits per heavy atom. The van der Waals surface area contributed by atoms with Gasteiger partial charge in [0, 0.05) is 34.4 Å². The van der Waals surface area contributed by atoms with Crippen LogP contribution in [-0.2, 0) is 4.79 Å². The fourth-order valence-corrected chi connectivity index (χ4v) is 1.46. The quantitative estimate of drug-likeness (QED) is 0.626. The van der Waals surface area contributed by atoms with Gasteiger partial charge in [0.05, 0.1) is 11.9 Å². The number of pyridine rings is 1. The summed E-state index contributed by atoms with van der Waals surface area (Å²) in [6, 6.07) is 3.55. The topological polar surface area (TPSA) is 60.8 Å². The average molecular weight is 249 g/mol. The summed E-state index contributed by atoms with van der Waals surface area (Å²) in [6.07, 6.45) is 3.25. The van der Waals surface area contributed by atoms with E-state index in [0.717, 1.165) is 5.96 Å². The standard InChI is InChI=1S/C12H19N5O/c1-16(2)12(17(3)4)14-9-11(18)15-10-6-5-7-13-8-10/h5-8H,9H2,1-4H3,(H,15,18). The van der Waals surface area contributed by atoms with E-state index in [1.54, 1.807) is 24.5 Å². The largest absolute Gasteiger partial charge is 0.349 e. The summed E-state index contributed by atoms with van der Waals surface area (Å²) in [5, 5.41) is 2.73. The number of aliphatic imine (C=N–C) groups is 1. The van der Waals surface area contributed by atoms with Crippen LogP contribution < -0.4 is 5.32 Å². The van der Waals surface area contributed by atoms with E-state index in [1.165, 1.54) is 0 Å². The number of amides is 1. The highest BCUT2D eigenvalue weighted by Gasteiger charge is 2.06. The molecular formula is C12H19N5O. The van der Waals surface area contributed by atoms with Gasteiger partial charge in [0.15, 0.2) is 5.96 Å². The van der Waals surface area contributed by atoms with Gasteiger partial charge in [-0.2, -0.15) is 0 Å². The van der Waals surface area contributed by atoms with E-state index < -0.39 is 0 Å². The van der Waals surface area contributed by atoms with Gasteiger partial charge in [-0.1, -0.05) is 0 Å². The van der Waals surface area contributed by atoms with E-state index in [4.69, 9.17) is 0 Å². The Morgan fingerprint density at radius 1 is 1.33 bits per heavy atom. The molecule has 0 aliphatic heterocycles. The molecule has 1 N–H and O–H groups in total. The number of anilines is 1. The number of hydrogen-bond donors (Lipinski definition) is 1. The van der Waals surface area contributed by atoms with Gasteiger partial charge in [0.1, 0.15) is 6.54 Å². The van der Waals surface area contributed by atoms with E-state index in [1.807, 2.05) is 38.0 Å². The van der Waals surface area contributed by atoms with E-state index in [2.05, 4.69) is 15.3 Å². The summed E-state index contributed by atoms with van der Waals surface area (Å²) in [4.78, 5) is 23.6. The van der Waals surface area contributed by atoms with Crippen molar-refractivity contribution < 1.29 is 4.79 Å². The highest BCUT2D eigenvalue weighted by molar-refractivity contribution is 5.93.